The minimum Gasteiger partial charge on any atom is -0.492 e. The molecule has 6 heteroatoms. The van der Waals surface area contributed by atoms with Crippen LogP contribution in [0.5, 0.6) is 17.2 Å². The molecule has 1 aromatic carbocycles. The van der Waals surface area contributed by atoms with Crippen LogP contribution in [0.25, 0.3) is 0 Å². The number of halogens is 1. The Bertz CT molecular complexity index is 490. The van der Waals surface area contributed by atoms with Crippen molar-refractivity contribution in [3.05, 3.63) is 18.2 Å². The molecule has 1 aromatic rings. The third-order valence-corrected chi connectivity index (χ3v) is 3.62. The summed E-state index contributed by atoms with van der Waals surface area (Å²) >= 11 is 5.73. The maximum absolute atomic E-state index is 11.8. The number of carbonyl (C=O) groups is 1. The molecule has 0 radical (unpaired) electrons. The van der Waals surface area contributed by atoms with Crippen LogP contribution >= 0.6 is 11.6 Å². The second-order valence-electron chi connectivity index (χ2n) is 5.14. The molecule has 1 heterocycles. The Balaban J connectivity index is 1.75. The lowest BCUT2D eigenvalue weighted by molar-refractivity contribution is -0.128. The van der Waals surface area contributed by atoms with Gasteiger partial charge in [0.25, 0.3) is 0 Å². The fourth-order valence-electron chi connectivity index (χ4n) is 1.60. The first-order chi connectivity index (χ1) is 9.53. The second-order valence-corrected chi connectivity index (χ2v) is 5.40. The molecule has 1 N–H and O–H groups in total. The number of amides is 1. The number of alkyl halides is 1. The zero-order valence-corrected chi connectivity index (χ0v) is 12.3. The smallest absolute Gasteiger partial charge is 0.231 e. The average Bonchev–Trinajstić information content (AvgIpc) is 2.90. The van der Waals surface area contributed by atoms with Crippen LogP contribution in [0.15, 0.2) is 18.2 Å². The maximum atomic E-state index is 11.8. The highest BCUT2D eigenvalue weighted by atomic mass is 35.5. The number of benzene rings is 1. The number of carbonyl (C=O) groups excluding carboxylic acids is 1. The van der Waals surface area contributed by atoms with E-state index in [0.29, 0.717) is 24.7 Å². The van der Waals surface area contributed by atoms with Crippen molar-refractivity contribution in [3.8, 4) is 17.2 Å². The van der Waals surface area contributed by atoms with Gasteiger partial charge in [0.15, 0.2) is 11.5 Å². The normalized spacial score (nSPS) is 13.2. The van der Waals surface area contributed by atoms with Crippen LogP contribution in [-0.4, -0.2) is 31.7 Å². The van der Waals surface area contributed by atoms with Crippen LogP contribution in [0, 0.1) is 5.41 Å². The van der Waals surface area contributed by atoms with Gasteiger partial charge in [-0.25, -0.2) is 0 Å². The van der Waals surface area contributed by atoms with E-state index in [1.807, 2.05) is 0 Å². The topological polar surface area (TPSA) is 56.8 Å². The molecule has 0 unspecified atom stereocenters. The monoisotopic (exact) mass is 299 g/mol. The molecule has 110 valence electrons. The van der Waals surface area contributed by atoms with Crippen LogP contribution < -0.4 is 19.5 Å². The molecule has 0 saturated carbocycles. The van der Waals surface area contributed by atoms with E-state index in [2.05, 4.69) is 5.32 Å². The van der Waals surface area contributed by atoms with Crippen molar-refractivity contribution in [2.45, 2.75) is 13.8 Å². The van der Waals surface area contributed by atoms with E-state index < -0.39 is 5.41 Å². The minimum atomic E-state index is -0.569. The molecule has 0 atom stereocenters. The molecule has 20 heavy (non-hydrogen) atoms. The van der Waals surface area contributed by atoms with Gasteiger partial charge in [0.05, 0.1) is 12.0 Å². The Kier molecular flexibility index (Phi) is 4.60. The van der Waals surface area contributed by atoms with Crippen molar-refractivity contribution in [2.75, 3.05) is 25.8 Å². The molecule has 1 aliphatic rings. The Morgan fingerprint density at radius 2 is 2.15 bits per heavy atom. The van der Waals surface area contributed by atoms with Gasteiger partial charge in [-0.05, 0) is 26.0 Å². The number of hydrogen-bond donors (Lipinski definition) is 1. The SMILES string of the molecule is CC(C)(CCl)C(=O)NCCOc1ccc2c(c1)OCO2. The van der Waals surface area contributed by atoms with Gasteiger partial charge in [-0.2, -0.15) is 0 Å². The summed E-state index contributed by atoms with van der Waals surface area (Å²) in [5.41, 5.74) is -0.569. The first-order valence-corrected chi connectivity index (χ1v) is 6.93. The lowest BCUT2D eigenvalue weighted by atomic mass is 9.95. The van der Waals surface area contributed by atoms with Crippen molar-refractivity contribution in [3.63, 3.8) is 0 Å². The van der Waals surface area contributed by atoms with Gasteiger partial charge in [-0.3, -0.25) is 4.79 Å². The van der Waals surface area contributed by atoms with E-state index in [4.69, 9.17) is 25.8 Å². The van der Waals surface area contributed by atoms with Crippen molar-refractivity contribution in [1.82, 2.24) is 5.32 Å². The van der Waals surface area contributed by atoms with E-state index in [-0.39, 0.29) is 18.6 Å². The first-order valence-electron chi connectivity index (χ1n) is 6.39. The summed E-state index contributed by atoms with van der Waals surface area (Å²) < 4.78 is 16.0. The number of nitrogens with one attached hydrogen (secondary N) is 1. The Morgan fingerprint density at radius 3 is 2.90 bits per heavy atom. The van der Waals surface area contributed by atoms with Crippen LogP contribution in [-0.2, 0) is 4.79 Å². The standard InChI is InChI=1S/C14H18ClNO4/c1-14(2,8-15)13(17)16-5-6-18-10-3-4-11-12(7-10)20-9-19-11/h3-4,7H,5-6,8-9H2,1-2H3,(H,16,17). The van der Waals surface area contributed by atoms with Crippen LogP contribution in [0.3, 0.4) is 0 Å². The van der Waals surface area contributed by atoms with Crippen molar-refractivity contribution < 1.29 is 19.0 Å². The van der Waals surface area contributed by atoms with Crippen LogP contribution in [0.2, 0.25) is 0 Å². The van der Waals surface area contributed by atoms with Gasteiger partial charge >= 0.3 is 0 Å². The summed E-state index contributed by atoms with van der Waals surface area (Å²) in [5, 5.41) is 2.79. The fourth-order valence-corrected chi connectivity index (χ4v) is 1.72. The van der Waals surface area contributed by atoms with E-state index >= 15 is 0 Å². The van der Waals surface area contributed by atoms with Crippen molar-refractivity contribution in [2.24, 2.45) is 5.41 Å². The van der Waals surface area contributed by atoms with Gasteiger partial charge in [0.1, 0.15) is 12.4 Å². The van der Waals surface area contributed by atoms with Gasteiger partial charge < -0.3 is 19.5 Å². The zero-order valence-electron chi connectivity index (χ0n) is 11.6. The summed E-state index contributed by atoms with van der Waals surface area (Å²) in [6, 6.07) is 5.37. The molecule has 1 amide bonds. The highest BCUT2D eigenvalue weighted by Crippen LogP contribution is 2.34. The lowest BCUT2D eigenvalue weighted by Gasteiger charge is -2.20. The quantitative estimate of drug-likeness (QED) is 0.646. The molecule has 0 fully saturated rings. The molecule has 2 rings (SSSR count). The maximum Gasteiger partial charge on any atom is 0.231 e. The molecule has 0 aliphatic carbocycles. The molecular weight excluding hydrogens is 282 g/mol. The van der Waals surface area contributed by atoms with Crippen molar-refractivity contribution >= 4 is 17.5 Å². The summed E-state index contributed by atoms with van der Waals surface area (Å²) in [4.78, 5) is 11.8. The number of ether oxygens (including phenoxy) is 3. The highest BCUT2D eigenvalue weighted by Gasteiger charge is 2.25. The van der Waals surface area contributed by atoms with Gasteiger partial charge in [-0.15, -0.1) is 11.6 Å². The van der Waals surface area contributed by atoms with Gasteiger partial charge in [0.2, 0.25) is 12.7 Å². The van der Waals surface area contributed by atoms with Gasteiger partial charge in [-0.1, -0.05) is 0 Å². The average molecular weight is 300 g/mol. The van der Waals surface area contributed by atoms with Gasteiger partial charge in [0, 0.05) is 11.9 Å². The Hall–Kier alpha value is -1.62. The molecule has 0 saturated heterocycles. The minimum absolute atomic E-state index is 0.0817. The molecule has 0 spiro atoms. The summed E-state index contributed by atoms with van der Waals surface area (Å²) in [7, 11) is 0. The Morgan fingerprint density at radius 1 is 1.40 bits per heavy atom. The number of fused-ring (bicyclic) bond motifs is 1. The molecule has 0 aromatic heterocycles. The molecule has 0 bridgehead atoms. The van der Waals surface area contributed by atoms with E-state index in [0.717, 1.165) is 5.75 Å². The van der Waals surface area contributed by atoms with E-state index in [9.17, 15) is 4.79 Å². The van der Waals surface area contributed by atoms with Crippen molar-refractivity contribution in [1.29, 1.82) is 0 Å². The summed E-state index contributed by atoms with van der Waals surface area (Å²) in [6.07, 6.45) is 0. The predicted molar refractivity (Wildman–Crippen MR) is 75.6 cm³/mol. The predicted octanol–water partition coefficient (Wildman–Crippen LogP) is 2.18. The second kappa shape index (κ2) is 6.22. The largest absolute Gasteiger partial charge is 0.492 e. The third-order valence-electron chi connectivity index (χ3n) is 2.95. The lowest BCUT2D eigenvalue weighted by Crippen LogP contribution is -2.39. The Labute approximate surface area is 123 Å². The first kappa shape index (κ1) is 14.8. The number of hydrogen-bond acceptors (Lipinski definition) is 4. The zero-order chi connectivity index (χ0) is 14.6. The molecule has 5 nitrogen and oxygen atoms in total. The fraction of sp³-hybridized carbons (Fsp3) is 0.500. The van der Waals surface area contributed by atoms with Crippen LogP contribution in [0.1, 0.15) is 13.8 Å². The van der Waals surface area contributed by atoms with E-state index in [1.165, 1.54) is 0 Å². The van der Waals surface area contributed by atoms with E-state index in [1.54, 1.807) is 32.0 Å². The molecule has 1 aliphatic heterocycles. The molecular formula is C14H18ClNO4. The summed E-state index contributed by atoms with van der Waals surface area (Å²) in [5.74, 6) is 2.27. The number of rotatable bonds is 6. The summed E-state index contributed by atoms with van der Waals surface area (Å²) in [6.45, 7) is 4.64. The third kappa shape index (κ3) is 3.48. The van der Waals surface area contributed by atoms with Crippen LogP contribution in [0.4, 0.5) is 0 Å². The highest BCUT2D eigenvalue weighted by molar-refractivity contribution is 6.19.